The van der Waals surface area contributed by atoms with E-state index in [1.807, 2.05) is 61.5 Å². The highest BCUT2D eigenvalue weighted by Crippen LogP contribution is 2.27. The number of nitrogens with one attached hydrogen (secondary N) is 1. The van der Waals surface area contributed by atoms with Crippen molar-refractivity contribution in [2.75, 3.05) is 0 Å². The number of sulfonamides is 1. The summed E-state index contributed by atoms with van der Waals surface area (Å²) < 4.78 is 28.6. The monoisotopic (exact) mass is 419 g/mol. The molecular weight excluding hydrogens is 401 g/mol. The van der Waals surface area contributed by atoms with E-state index in [-0.39, 0.29) is 5.75 Å². The summed E-state index contributed by atoms with van der Waals surface area (Å²) in [5.74, 6) is -0.224. The van der Waals surface area contributed by atoms with E-state index in [9.17, 15) is 8.42 Å². The molecule has 0 saturated heterocycles. The Morgan fingerprint density at radius 2 is 1.59 bits per heavy atom. The molecule has 3 rings (SSSR count). The topological polar surface area (TPSA) is 46.2 Å². The molecule has 0 aliphatic heterocycles. The van der Waals surface area contributed by atoms with Crippen LogP contribution in [-0.4, -0.2) is 8.42 Å². The van der Waals surface area contributed by atoms with Crippen molar-refractivity contribution in [3.8, 4) is 0 Å². The summed E-state index contributed by atoms with van der Waals surface area (Å²) in [7, 11) is -3.66. The molecule has 0 amide bonds. The van der Waals surface area contributed by atoms with Crippen LogP contribution in [0, 0.1) is 6.92 Å². The molecule has 0 fully saturated rings. The third kappa shape index (κ3) is 5.11. The van der Waals surface area contributed by atoms with Gasteiger partial charge in [0.25, 0.3) is 0 Å². The lowest BCUT2D eigenvalue weighted by Gasteiger charge is -2.22. The summed E-state index contributed by atoms with van der Waals surface area (Å²) in [6, 6.07) is 21.6. The number of halogens is 2. The van der Waals surface area contributed by atoms with E-state index in [4.69, 9.17) is 23.2 Å². The number of benzene rings is 3. The molecule has 0 aromatic heterocycles. The molecule has 0 saturated carbocycles. The highest BCUT2D eigenvalue weighted by Gasteiger charge is 2.23. The van der Waals surface area contributed by atoms with Crippen LogP contribution in [0.5, 0.6) is 0 Å². The van der Waals surface area contributed by atoms with Crippen LogP contribution in [0.25, 0.3) is 0 Å². The molecule has 3 aromatic carbocycles. The van der Waals surface area contributed by atoms with Crippen molar-refractivity contribution in [3.63, 3.8) is 0 Å². The van der Waals surface area contributed by atoms with E-state index in [1.165, 1.54) is 0 Å². The van der Waals surface area contributed by atoms with Gasteiger partial charge in [-0.25, -0.2) is 13.1 Å². The summed E-state index contributed by atoms with van der Waals surface area (Å²) in [5, 5.41) is 0.802. The van der Waals surface area contributed by atoms with E-state index < -0.39 is 16.1 Å². The Kier molecular flexibility index (Phi) is 6.22. The molecule has 0 unspecified atom stereocenters. The Morgan fingerprint density at radius 1 is 0.926 bits per heavy atom. The first kappa shape index (κ1) is 19.9. The third-order valence-corrected chi connectivity index (χ3v) is 6.16. The Labute approximate surface area is 170 Å². The van der Waals surface area contributed by atoms with Crippen LogP contribution in [0.3, 0.4) is 0 Å². The van der Waals surface area contributed by atoms with Crippen molar-refractivity contribution in [2.24, 2.45) is 0 Å². The van der Waals surface area contributed by atoms with Gasteiger partial charge in [-0.2, -0.15) is 0 Å². The second-order valence-corrected chi connectivity index (χ2v) is 8.91. The zero-order valence-corrected chi connectivity index (χ0v) is 17.0. The second kappa shape index (κ2) is 8.44. The smallest absolute Gasteiger partial charge is 0.212 e. The second-order valence-electron chi connectivity index (χ2n) is 6.31. The third-order valence-electron chi connectivity index (χ3n) is 4.29. The van der Waals surface area contributed by atoms with Crippen LogP contribution < -0.4 is 4.72 Å². The summed E-state index contributed by atoms with van der Waals surface area (Å²) in [6.07, 6.45) is 0. The van der Waals surface area contributed by atoms with Crippen LogP contribution in [0.1, 0.15) is 28.3 Å². The van der Waals surface area contributed by atoms with Crippen molar-refractivity contribution in [2.45, 2.75) is 18.7 Å². The Morgan fingerprint density at radius 3 is 2.26 bits per heavy atom. The number of aryl methyl sites for hydroxylation is 1. The van der Waals surface area contributed by atoms with Gasteiger partial charge in [0, 0.05) is 10.0 Å². The van der Waals surface area contributed by atoms with Crippen molar-refractivity contribution in [1.29, 1.82) is 0 Å². The van der Waals surface area contributed by atoms with E-state index in [1.54, 1.807) is 18.2 Å². The van der Waals surface area contributed by atoms with E-state index in [0.29, 0.717) is 15.6 Å². The largest absolute Gasteiger partial charge is 0.216 e. The Hall–Kier alpha value is -1.85. The molecule has 0 aliphatic rings. The Balaban J connectivity index is 1.95. The minimum absolute atomic E-state index is 0.224. The minimum Gasteiger partial charge on any atom is -0.212 e. The summed E-state index contributed by atoms with van der Waals surface area (Å²) in [4.78, 5) is 0. The van der Waals surface area contributed by atoms with Crippen LogP contribution >= 0.6 is 23.2 Å². The maximum absolute atomic E-state index is 12.9. The molecule has 140 valence electrons. The molecule has 6 heteroatoms. The van der Waals surface area contributed by atoms with Crippen molar-refractivity contribution < 1.29 is 8.42 Å². The highest BCUT2D eigenvalue weighted by molar-refractivity contribution is 7.88. The average molecular weight is 420 g/mol. The predicted octanol–water partition coefficient (Wildman–Crippen LogP) is 5.51. The van der Waals surface area contributed by atoms with E-state index in [0.717, 1.165) is 16.7 Å². The molecule has 0 aliphatic carbocycles. The zero-order valence-electron chi connectivity index (χ0n) is 14.7. The van der Waals surface area contributed by atoms with Gasteiger partial charge in [0.15, 0.2) is 0 Å². The normalized spacial score (nSPS) is 12.7. The SMILES string of the molecule is Cc1ccccc1[C@@H](NS(=O)(=O)Cc1ccc(Cl)cc1Cl)c1ccccc1. The maximum atomic E-state index is 12.9. The van der Waals surface area contributed by atoms with Gasteiger partial charge < -0.3 is 0 Å². The number of hydrogen-bond acceptors (Lipinski definition) is 2. The first-order chi connectivity index (χ1) is 12.9. The van der Waals surface area contributed by atoms with Gasteiger partial charge in [0.05, 0.1) is 11.8 Å². The average Bonchev–Trinajstić information content (AvgIpc) is 2.63. The first-order valence-corrected chi connectivity index (χ1v) is 10.8. The number of rotatable bonds is 6. The molecule has 3 aromatic rings. The fraction of sp³-hybridized carbons (Fsp3) is 0.143. The predicted molar refractivity (Wildman–Crippen MR) is 112 cm³/mol. The molecular formula is C21H19Cl2NO2S. The molecule has 0 spiro atoms. The quantitative estimate of drug-likeness (QED) is 0.572. The van der Waals surface area contributed by atoms with Crippen molar-refractivity contribution in [3.05, 3.63) is 105 Å². The lowest BCUT2D eigenvalue weighted by atomic mass is 9.96. The zero-order chi connectivity index (χ0) is 19.4. The van der Waals surface area contributed by atoms with Gasteiger partial charge in [0.1, 0.15) is 0 Å². The van der Waals surface area contributed by atoms with Crippen LogP contribution in [0.15, 0.2) is 72.8 Å². The van der Waals surface area contributed by atoms with Gasteiger partial charge in [-0.3, -0.25) is 0 Å². The molecule has 0 heterocycles. The van der Waals surface area contributed by atoms with E-state index in [2.05, 4.69) is 4.72 Å². The lowest BCUT2D eigenvalue weighted by Crippen LogP contribution is -2.31. The van der Waals surface area contributed by atoms with Crippen LogP contribution in [-0.2, 0) is 15.8 Å². The van der Waals surface area contributed by atoms with E-state index >= 15 is 0 Å². The minimum atomic E-state index is -3.66. The lowest BCUT2D eigenvalue weighted by molar-refractivity contribution is 0.571. The fourth-order valence-corrected chi connectivity index (χ4v) is 4.85. The highest BCUT2D eigenvalue weighted by atomic mass is 35.5. The van der Waals surface area contributed by atoms with Crippen LogP contribution in [0.2, 0.25) is 10.0 Å². The molecule has 27 heavy (non-hydrogen) atoms. The first-order valence-electron chi connectivity index (χ1n) is 8.40. The maximum Gasteiger partial charge on any atom is 0.216 e. The molecule has 0 bridgehead atoms. The molecule has 1 N–H and O–H groups in total. The van der Waals surface area contributed by atoms with Gasteiger partial charge >= 0.3 is 0 Å². The Bertz CT molecular complexity index is 1040. The standard InChI is InChI=1S/C21H19Cl2NO2S/c1-15-7-5-6-10-19(15)21(16-8-3-2-4-9-16)24-27(25,26)14-17-11-12-18(22)13-20(17)23/h2-13,21,24H,14H2,1H3/t21-/m0/s1. The molecule has 1 atom stereocenters. The fourth-order valence-electron chi connectivity index (χ4n) is 2.93. The summed E-state index contributed by atoms with van der Waals surface area (Å²) in [5.41, 5.74) is 3.30. The number of hydrogen-bond donors (Lipinski definition) is 1. The van der Waals surface area contributed by atoms with Gasteiger partial charge in [-0.15, -0.1) is 0 Å². The van der Waals surface area contributed by atoms with Crippen molar-refractivity contribution in [1.82, 2.24) is 4.72 Å². The van der Waals surface area contributed by atoms with Crippen LogP contribution in [0.4, 0.5) is 0 Å². The molecule has 3 nitrogen and oxygen atoms in total. The molecule has 0 radical (unpaired) electrons. The summed E-state index contributed by atoms with van der Waals surface area (Å²) in [6.45, 7) is 1.97. The van der Waals surface area contributed by atoms with Gasteiger partial charge in [0.2, 0.25) is 10.0 Å². The van der Waals surface area contributed by atoms with Gasteiger partial charge in [-0.05, 0) is 41.3 Å². The van der Waals surface area contributed by atoms with Crippen molar-refractivity contribution >= 4 is 33.2 Å². The summed E-state index contributed by atoms with van der Waals surface area (Å²) >= 11 is 12.1. The van der Waals surface area contributed by atoms with Gasteiger partial charge in [-0.1, -0.05) is 83.9 Å².